The van der Waals surface area contributed by atoms with Crippen molar-refractivity contribution in [3.63, 3.8) is 0 Å². The number of fused-ring (bicyclic) bond motifs is 1. The molecule has 1 unspecified atom stereocenters. The fourth-order valence-corrected chi connectivity index (χ4v) is 3.76. The number of hydrogen-bond acceptors (Lipinski definition) is 4. The second-order valence-electron chi connectivity index (χ2n) is 6.31. The van der Waals surface area contributed by atoms with Crippen molar-refractivity contribution in [3.05, 3.63) is 70.6 Å². The number of thiophene rings is 1. The number of hydroxylamine groups is 1. The maximum absolute atomic E-state index is 12.4. The zero-order chi connectivity index (χ0) is 18.5. The Kier molecular flexibility index (Phi) is 5.65. The highest BCUT2D eigenvalue weighted by Gasteiger charge is 2.12. The molecule has 0 aliphatic heterocycles. The van der Waals surface area contributed by atoms with Gasteiger partial charge in [0.1, 0.15) is 0 Å². The number of carbonyl (C=O) groups is 2. The van der Waals surface area contributed by atoms with Gasteiger partial charge in [-0.05, 0) is 47.6 Å². The molecule has 0 spiro atoms. The summed E-state index contributed by atoms with van der Waals surface area (Å²) in [5.74, 6) is -0.320. The van der Waals surface area contributed by atoms with Gasteiger partial charge in [-0.3, -0.25) is 14.8 Å². The molecule has 0 radical (unpaired) electrons. The van der Waals surface area contributed by atoms with Crippen LogP contribution >= 0.6 is 11.3 Å². The lowest BCUT2D eigenvalue weighted by Crippen LogP contribution is -2.28. The van der Waals surface area contributed by atoms with Gasteiger partial charge in [0.2, 0.25) is 0 Å². The van der Waals surface area contributed by atoms with Gasteiger partial charge in [0.05, 0.1) is 4.88 Å². The average Bonchev–Trinajstić information content (AvgIpc) is 3.10. The molecule has 0 aliphatic rings. The Morgan fingerprint density at radius 2 is 1.81 bits per heavy atom. The van der Waals surface area contributed by atoms with E-state index in [0.717, 1.165) is 26.9 Å². The molecule has 6 heteroatoms. The number of hydrogen-bond donors (Lipinski definition) is 3. The van der Waals surface area contributed by atoms with Crippen LogP contribution in [0.5, 0.6) is 0 Å². The summed E-state index contributed by atoms with van der Waals surface area (Å²) >= 11 is 1.50. The monoisotopic (exact) mass is 368 g/mol. The molecule has 3 N–H and O–H groups in total. The molecule has 134 valence electrons. The highest BCUT2D eigenvalue weighted by Crippen LogP contribution is 2.25. The van der Waals surface area contributed by atoms with Gasteiger partial charge in [-0.15, -0.1) is 11.3 Å². The van der Waals surface area contributed by atoms with Crippen molar-refractivity contribution in [1.82, 2.24) is 10.8 Å². The minimum absolute atomic E-state index is 0.0481. The lowest BCUT2D eigenvalue weighted by molar-refractivity contribution is 0.0706. The highest BCUT2D eigenvalue weighted by atomic mass is 32.1. The number of benzene rings is 2. The highest BCUT2D eigenvalue weighted by molar-refractivity contribution is 7.20. The normalized spacial score (nSPS) is 11.9. The molecule has 1 atom stereocenters. The van der Waals surface area contributed by atoms with Crippen LogP contribution in [0.3, 0.4) is 0 Å². The van der Waals surface area contributed by atoms with Gasteiger partial charge in [0, 0.05) is 16.8 Å². The molecular formula is C20H20N2O3S. The summed E-state index contributed by atoms with van der Waals surface area (Å²) in [6.45, 7) is 2.64. The molecule has 5 nitrogen and oxygen atoms in total. The fraction of sp³-hybridized carbons (Fsp3) is 0.200. The van der Waals surface area contributed by atoms with E-state index in [0.29, 0.717) is 12.1 Å². The predicted molar refractivity (Wildman–Crippen MR) is 103 cm³/mol. The molecule has 3 aromatic rings. The quantitative estimate of drug-likeness (QED) is 0.459. The summed E-state index contributed by atoms with van der Waals surface area (Å²) in [6, 6.07) is 16.9. The minimum Gasteiger partial charge on any atom is -0.351 e. The average molecular weight is 368 g/mol. The van der Waals surface area contributed by atoms with Crippen LogP contribution in [0.4, 0.5) is 0 Å². The Bertz CT molecular complexity index is 885. The maximum Gasteiger partial charge on any atom is 0.274 e. The van der Waals surface area contributed by atoms with Crippen molar-refractivity contribution in [2.45, 2.75) is 13.3 Å². The zero-order valence-electron chi connectivity index (χ0n) is 14.4. The molecule has 1 heterocycles. The molecule has 0 saturated heterocycles. The van der Waals surface area contributed by atoms with Crippen molar-refractivity contribution < 1.29 is 14.8 Å². The SMILES string of the molecule is CC(CNC(=O)c1cc2ccccc2s1)Cc1ccc(C(=O)NO)cc1. The van der Waals surface area contributed by atoms with Gasteiger partial charge in [0.15, 0.2) is 0 Å². The van der Waals surface area contributed by atoms with Crippen LogP contribution in [0.1, 0.15) is 32.5 Å². The van der Waals surface area contributed by atoms with E-state index < -0.39 is 5.91 Å². The summed E-state index contributed by atoms with van der Waals surface area (Å²) < 4.78 is 1.11. The Hall–Kier alpha value is -2.70. The first-order valence-electron chi connectivity index (χ1n) is 8.37. The predicted octanol–water partition coefficient (Wildman–Crippen LogP) is 3.63. The first-order chi connectivity index (χ1) is 12.6. The molecule has 2 amide bonds. The van der Waals surface area contributed by atoms with Crippen LogP contribution < -0.4 is 10.8 Å². The molecule has 0 fully saturated rings. The number of carbonyl (C=O) groups excluding carboxylic acids is 2. The van der Waals surface area contributed by atoms with E-state index in [2.05, 4.69) is 12.2 Å². The third-order valence-corrected chi connectivity index (χ3v) is 5.28. The number of rotatable bonds is 6. The van der Waals surface area contributed by atoms with E-state index in [9.17, 15) is 9.59 Å². The lowest BCUT2D eigenvalue weighted by atomic mass is 10.00. The van der Waals surface area contributed by atoms with E-state index in [1.807, 2.05) is 42.5 Å². The van der Waals surface area contributed by atoms with Gasteiger partial charge < -0.3 is 5.32 Å². The van der Waals surface area contributed by atoms with Gasteiger partial charge in [-0.25, -0.2) is 5.48 Å². The molecule has 0 saturated carbocycles. The van der Waals surface area contributed by atoms with Crippen molar-refractivity contribution in [2.24, 2.45) is 5.92 Å². The third kappa shape index (κ3) is 4.28. The maximum atomic E-state index is 12.4. The summed E-state index contributed by atoms with van der Waals surface area (Å²) in [5, 5.41) is 12.7. The number of nitrogens with one attached hydrogen (secondary N) is 2. The van der Waals surface area contributed by atoms with Crippen LogP contribution in [-0.2, 0) is 6.42 Å². The molecule has 26 heavy (non-hydrogen) atoms. The molecule has 0 aliphatic carbocycles. The summed E-state index contributed by atoms with van der Waals surface area (Å²) in [5.41, 5.74) is 3.09. The van der Waals surface area contributed by atoms with Crippen molar-refractivity contribution in [1.29, 1.82) is 0 Å². The van der Waals surface area contributed by atoms with E-state index in [-0.39, 0.29) is 11.8 Å². The molecule has 3 rings (SSSR count). The van der Waals surface area contributed by atoms with Gasteiger partial charge in [-0.2, -0.15) is 0 Å². The van der Waals surface area contributed by atoms with E-state index in [4.69, 9.17) is 5.21 Å². The first-order valence-corrected chi connectivity index (χ1v) is 9.18. The summed E-state index contributed by atoms with van der Waals surface area (Å²) in [4.78, 5) is 24.4. The Morgan fingerprint density at radius 3 is 2.50 bits per heavy atom. The van der Waals surface area contributed by atoms with Crippen LogP contribution in [0.15, 0.2) is 54.6 Å². The van der Waals surface area contributed by atoms with Crippen LogP contribution in [0, 0.1) is 5.92 Å². The zero-order valence-corrected chi connectivity index (χ0v) is 15.2. The van der Waals surface area contributed by atoms with Crippen LogP contribution in [0.25, 0.3) is 10.1 Å². The second kappa shape index (κ2) is 8.12. The van der Waals surface area contributed by atoms with Crippen LogP contribution in [0.2, 0.25) is 0 Å². The van der Waals surface area contributed by atoms with Crippen molar-refractivity contribution >= 4 is 33.2 Å². The van der Waals surface area contributed by atoms with Crippen LogP contribution in [-0.4, -0.2) is 23.6 Å². The molecule has 0 bridgehead atoms. The summed E-state index contributed by atoms with van der Waals surface area (Å²) in [6.07, 6.45) is 0.785. The third-order valence-electron chi connectivity index (χ3n) is 4.16. The van der Waals surface area contributed by atoms with Gasteiger partial charge in [0.25, 0.3) is 11.8 Å². The van der Waals surface area contributed by atoms with E-state index >= 15 is 0 Å². The number of amides is 2. The van der Waals surface area contributed by atoms with E-state index in [1.54, 1.807) is 17.6 Å². The smallest absolute Gasteiger partial charge is 0.274 e. The Balaban J connectivity index is 1.54. The standard InChI is InChI=1S/C20H20N2O3S/c1-13(10-14-6-8-15(9-7-14)19(23)22-25)12-21-20(24)18-11-16-4-2-3-5-17(16)26-18/h2-9,11,13,25H,10,12H2,1H3,(H,21,24)(H,22,23). The van der Waals surface area contributed by atoms with Gasteiger partial charge in [-0.1, -0.05) is 37.3 Å². The molecular weight excluding hydrogens is 348 g/mol. The largest absolute Gasteiger partial charge is 0.351 e. The summed E-state index contributed by atoms with van der Waals surface area (Å²) in [7, 11) is 0. The fourth-order valence-electron chi connectivity index (χ4n) is 2.78. The minimum atomic E-state index is -0.528. The van der Waals surface area contributed by atoms with Gasteiger partial charge >= 0.3 is 0 Å². The Morgan fingerprint density at radius 1 is 1.08 bits per heavy atom. The topological polar surface area (TPSA) is 78.4 Å². The Labute approximate surface area is 155 Å². The second-order valence-corrected chi connectivity index (χ2v) is 7.39. The molecule has 1 aromatic heterocycles. The molecule has 2 aromatic carbocycles. The lowest BCUT2D eigenvalue weighted by Gasteiger charge is -2.12. The van der Waals surface area contributed by atoms with E-state index in [1.165, 1.54) is 11.3 Å². The van der Waals surface area contributed by atoms with Crippen molar-refractivity contribution in [2.75, 3.05) is 6.54 Å². The van der Waals surface area contributed by atoms with Crippen molar-refractivity contribution in [3.8, 4) is 0 Å². The first kappa shape index (κ1) is 18.1.